The fourth-order valence-corrected chi connectivity index (χ4v) is 2.38. The number of nitrogens with zero attached hydrogens (tertiary/aromatic N) is 2. The van der Waals surface area contributed by atoms with Gasteiger partial charge in [-0.3, -0.25) is 14.2 Å². The molecular formula is C14H13BrN2O3. The number of halogens is 1. The Morgan fingerprint density at radius 2 is 1.80 bits per heavy atom. The first-order chi connectivity index (χ1) is 9.34. The van der Waals surface area contributed by atoms with Gasteiger partial charge in [0.1, 0.15) is 5.56 Å². The number of ketones is 1. The van der Waals surface area contributed by atoms with E-state index in [2.05, 4.69) is 15.9 Å². The van der Waals surface area contributed by atoms with E-state index in [4.69, 9.17) is 0 Å². The van der Waals surface area contributed by atoms with Gasteiger partial charge in [0, 0.05) is 30.3 Å². The van der Waals surface area contributed by atoms with E-state index in [0.717, 1.165) is 10.1 Å². The predicted molar refractivity (Wildman–Crippen MR) is 79.2 cm³/mol. The standard InChI is InChI=1S/C14H13BrN2O3/c1-8-5-4-6-9(11(8)15)12(18)10-7-16(2)14(20)17(3)13(10)19/h4-7H,1-3H3. The van der Waals surface area contributed by atoms with Crippen LogP contribution in [0.3, 0.4) is 0 Å². The van der Waals surface area contributed by atoms with Gasteiger partial charge in [-0.1, -0.05) is 12.1 Å². The molecule has 2 aromatic rings. The highest BCUT2D eigenvalue weighted by molar-refractivity contribution is 9.10. The molecule has 1 aromatic carbocycles. The van der Waals surface area contributed by atoms with Crippen LogP contribution in [-0.2, 0) is 14.1 Å². The van der Waals surface area contributed by atoms with Crippen LogP contribution in [-0.4, -0.2) is 14.9 Å². The highest BCUT2D eigenvalue weighted by atomic mass is 79.9. The number of carbonyl (C=O) groups is 1. The lowest BCUT2D eigenvalue weighted by molar-refractivity contribution is 0.103. The summed E-state index contributed by atoms with van der Waals surface area (Å²) in [6.07, 6.45) is 1.28. The van der Waals surface area contributed by atoms with Crippen LogP contribution in [0.4, 0.5) is 0 Å². The second kappa shape index (κ2) is 5.20. The number of aryl methyl sites for hydroxylation is 2. The molecule has 0 saturated carbocycles. The molecule has 2 rings (SSSR count). The molecule has 0 saturated heterocycles. The Morgan fingerprint density at radius 3 is 2.45 bits per heavy atom. The first kappa shape index (κ1) is 14.5. The van der Waals surface area contributed by atoms with Crippen LogP contribution in [0.5, 0.6) is 0 Å². The summed E-state index contributed by atoms with van der Waals surface area (Å²) in [4.78, 5) is 36.2. The highest BCUT2D eigenvalue weighted by Gasteiger charge is 2.19. The van der Waals surface area contributed by atoms with E-state index in [1.807, 2.05) is 13.0 Å². The minimum Gasteiger partial charge on any atom is -0.303 e. The van der Waals surface area contributed by atoms with Crippen LogP contribution in [0, 0.1) is 6.92 Å². The van der Waals surface area contributed by atoms with E-state index in [0.29, 0.717) is 10.0 Å². The molecule has 0 fully saturated rings. The lowest BCUT2D eigenvalue weighted by Crippen LogP contribution is -2.39. The van der Waals surface area contributed by atoms with Crippen LogP contribution in [0.1, 0.15) is 21.5 Å². The molecule has 0 unspecified atom stereocenters. The normalized spacial score (nSPS) is 10.6. The summed E-state index contributed by atoms with van der Waals surface area (Å²) in [5.74, 6) is -0.406. The second-order valence-electron chi connectivity index (χ2n) is 4.57. The van der Waals surface area contributed by atoms with Crippen LogP contribution >= 0.6 is 15.9 Å². The van der Waals surface area contributed by atoms with Crippen molar-refractivity contribution in [1.29, 1.82) is 0 Å². The number of rotatable bonds is 2. The summed E-state index contributed by atoms with van der Waals surface area (Å²) in [5, 5.41) is 0. The van der Waals surface area contributed by atoms with Gasteiger partial charge in [-0.25, -0.2) is 4.79 Å². The molecule has 0 aliphatic rings. The summed E-state index contributed by atoms with van der Waals surface area (Å²) in [7, 11) is 2.86. The van der Waals surface area contributed by atoms with Gasteiger partial charge in [0.2, 0.25) is 5.78 Å². The summed E-state index contributed by atoms with van der Waals surface area (Å²) in [6, 6.07) is 5.25. The zero-order valence-corrected chi connectivity index (χ0v) is 12.9. The monoisotopic (exact) mass is 336 g/mol. The molecule has 0 radical (unpaired) electrons. The first-order valence-corrected chi connectivity index (χ1v) is 6.70. The molecule has 0 aliphatic carbocycles. The zero-order chi connectivity index (χ0) is 15.0. The third-order valence-electron chi connectivity index (χ3n) is 3.13. The van der Waals surface area contributed by atoms with Crippen molar-refractivity contribution in [3.8, 4) is 0 Å². The molecule has 0 aliphatic heterocycles. The Bertz CT molecular complexity index is 818. The van der Waals surface area contributed by atoms with Gasteiger partial charge in [-0.05, 0) is 34.5 Å². The number of benzene rings is 1. The maximum atomic E-state index is 12.5. The number of carbonyl (C=O) groups excluding carboxylic acids is 1. The molecule has 0 amide bonds. The van der Waals surface area contributed by atoms with E-state index in [-0.39, 0.29) is 5.56 Å². The molecular weight excluding hydrogens is 324 g/mol. The van der Waals surface area contributed by atoms with Gasteiger partial charge in [-0.2, -0.15) is 0 Å². The lowest BCUT2D eigenvalue weighted by Gasteiger charge is -2.08. The molecule has 0 atom stereocenters. The Labute approximate surface area is 123 Å². The van der Waals surface area contributed by atoms with Crippen LogP contribution < -0.4 is 11.2 Å². The Hall–Kier alpha value is -1.95. The van der Waals surface area contributed by atoms with E-state index in [1.54, 1.807) is 12.1 Å². The number of aromatic nitrogens is 2. The van der Waals surface area contributed by atoms with Gasteiger partial charge < -0.3 is 4.57 Å². The van der Waals surface area contributed by atoms with Crippen LogP contribution in [0.15, 0.2) is 38.5 Å². The minimum atomic E-state index is -0.591. The predicted octanol–water partition coefficient (Wildman–Crippen LogP) is 1.39. The molecule has 1 heterocycles. The van der Waals surface area contributed by atoms with Crippen molar-refractivity contribution in [2.75, 3.05) is 0 Å². The third kappa shape index (κ3) is 2.27. The Morgan fingerprint density at radius 1 is 1.15 bits per heavy atom. The summed E-state index contributed by atoms with van der Waals surface area (Å²) in [5.41, 5.74) is 0.223. The van der Waals surface area contributed by atoms with Crippen LogP contribution in [0.2, 0.25) is 0 Å². The first-order valence-electron chi connectivity index (χ1n) is 5.91. The van der Waals surface area contributed by atoms with Crippen molar-refractivity contribution in [2.24, 2.45) is 14.1 Å². The van der Waals surface area contributed by atoms with Gasteiger partial charge in [0.15, 0.2) is 0 Å². The highest BCUT2D eigenvalue weighted by Crippen LogP contribution is 2.22. The third-order valence-corrected chi connectivity index (χ3v) is 4.18. The quantitative estimate of drug-likeness (QED) is 0.778. The Kier molecular flexibility index (Phi) is 3.76. The van der Waals surface area contributed by atoms with E-state index < -0.39 is 17.0 Å². The van der Waals surface area contributed by atoms with E-state index in [9.17, 15) is 14.4 Å². The fraction of sp³-hybridized carbons (Fsp3) is 0.214. The van der Waals surface area contributed by atoms with Gasteiger partial charge in [0.05, 0.1) is 0 Å². The Balaban J connectivity index is 2.70. The second-order valence-corrected chi connectivity index (χ2v) is 5.36. The average molecular weight is 337 g/mol. The largest absolute Gasteiger partial charge is 0.330 e. The summed E-state index contributed by atoms with van der Waals surface area (Å²) in [6.45, 7) is 1.86. The molecule has 0 N–H and O–H groups in total. The molecule has 6 heteroatoms. The van der Waals surface area contributed by atoms with Crippen molar-refractivity contribution in [2.45, 2.75) is 6.92 Å². The minimum absolute atomic E-state index is 0.0269. The molecule has 20 heavy (non-hydrogen) atoms. The maximum absolute atomic E-state index is 12.5. The molecule has 0 bridgehead atoms. The smallest absolute Gasteiger partial charge is 0.303 e. The molecule has 0 spiro atoms. The molecule has 5 nitrogen and oxygen atoms in total. The van der Waals surface area contributed by atoms with E-state index in [1.165, 1.54) is 24.9 Å². The molecule has 104 valence electrons. The van der Waals surface area contributed by atoms with Crippen LogP contribution in [0.25, 0.3) is 0 Å². The van der Waals surface area contributed by atoms with Crippen molar-refractivity contribution < 1.29 is 4.79 Å². The summed E-state index contributed by atoms with van der Waals surface area (Å²) < 4.78 is 2.80. The average Bonchev–Trinajstić information content (AvgIpc) is 2.43. The SMILES string of the molecule is Cc1cccc(C(=O)c2cn(C)c(=O)n(C)c2=O)c1Br. The number of hydrogen-bond acceptors (Lipinski definition) is 3. The number of hydrogen-bond donors (Lipinski definition) is 0. The summed E-state index contributed by atoms with van der Waals surface area (Å²) >= 11 is 3.36. The fourth-order valence-electron chi connectivity index (χ4n) is 1.93. The van der Waals surface area contributed by atoms with Gasteiger partial charge >= 0.3 is 5.69 Å². The van der Waals surface area contributed by atoms with E-state index >= 15 is 0 Å². The zero-order valence-electron chi connectivity index (χ0n) is 11.3. The topological polar surface area (TPSA) is 61.1 Å². The van der Waals surface area contributed by atoms with Crippen molar-refractivity contribution >= 4 is 21.7 Å². The molecule has 1 aromatic heterocycles. The van der Waals surface area contributed by atoms with Gasteiger partial charge in [0.25, 0.3) is 5.56 Å². The van der Waals surface area contributed by atoms with Crippen molar-refractivity contribution in [3.63, 3.8) is 0 Å². The van der Waals surface area contributed by atoms with Gasteiger partial charge in [-0.15, -0.1) is 0 Å². The van der Waals surface area contributed by atoms with Crippen molar-refractivity contribution in [1.82, 2.24) is 9.13 Å². The van der Waals surface area contributed by atoms with Crippen molar-refractivity contribution in [3.05, 3.63) is 66.4 Å². The maximum Gasteiger partial charge on any atom is 0.330 e. The lowest BCUT2D eigenvalue weighted by atomic mass is 10.0.